The van der Waals surface area contributed by atoms with Gasteiger partial charge in [0.2, 0.25) is 11.7 Å². The summed E-state index contributed by atoms with van der Waals surface area (Å²) in [4.78, 5) is 5.32. The molecule has 2 rings (SSSR count). The summed E-state index contributed by atoms with van der Waals surface area (Å²) in [5.41, 5.74) is 5.95. The number of thiophene rings is 1. The SMILES string of the molecule is CCCC[C@H](N)c1nc(-c2cccs2)no1. The average molecular weight is 237 g/mol. The molecule has 16 heavy (non-hydrogen) atoms. The van der Waals surface area contributed by atoms with Gasteiger partial charge in [0.1, 0.15) is 0 Å². The molecule has 0 aliphatic rings. The van der Waals surface area contributed by atoms with Crippen molar-refractivity contribution in [3.63, 3.8) is 0 Å². The van der Waals surface area contributed by atoms with Crippen molar-refractivity contribution >= 4 is 11.3 Å². The van der Waals surface area contributed by atoms with Crippen molar-refractivity contribution in [3.05, 3.63) is 23.4 Å². The number of nitrogens with two attached hydrogens (primary N) is 1. The second-order valence-corrected chi connectivity index (χ2v) is 4.63. The molecule has 0 aliphatic heterocycles. The molecule has 2 N–H and O–H groups in total. The number of aromatic nitrogens is 2. The molecule has 0 fully saturated rings. The molecule has 4 nitrogen and oxygen atoms in total. The van der Waals surface area contributed by atoms with E-state index in [-0.39, 0.29) is 6.04 Å². The van der Waals surface area contributed by atoms with E-state index in [0.717, 1.165) is 24.1 Å². The zero-order valence-corrected chi connectivity index (χ0v) is 10.0. The predicted molar refractivity (Wildman–Crippen MR) is 64.1 cm³/mol. The maximum atomic E-state index is 5.95. The summed E-state index contributed by atoms with van der Waals surface area (Å²) in [7, 11) is 0. The van der Waals surface area contributed by atoms with Gasteiger partial charge in [-0.15, -0.1) is 11.3 Å². The molecule has 2 aromatic heterocycles. The van der Waals surface area contributed by atoms with Crippen LogP contribution in [-0.2, 0) is 0 Å². The number of hydrogen-bond donors (Lipinski definition) is 1. The van der Waals surface area contributed by atoms with E-state index in [1.807, 2.05) is 17.5 Å². The highest BCUT2D eigenvalue weighted by atomic mass is 32.1. The first-order valence-electron chi connectivity index (χ1n) is 5.44. The second kappa shape index (κ2) is 5.23. The molecule has 2 aromatic rings. The van der Waals surface area contributed by atoms with Gasteiger partial charge in [0.25, 0.3) is 0 Å². The van der Waals surface area contributed by atoms with Gasteiger partial charge in [-0.25, -0.2) is 0 Å². The average Bonchev–Trinajstić information content (AvgIpc) is 2.94. The predicted octanol–water partition coefficient (Wildman–Crippen LogP) is 2.99. The maximum Gasteiger partial charge on any atom is 0.243 e. The Labute approximate surface area is 98.5 Å². The summed E-state index contributed by atoms with van der Waals surface area (Å²) in [6, 6.07) is 3.80. The lowest BCUT2D eigenvalue weighted by Gasteiger charge is -2.03. The number of nitrogens with zero attached hydrogens (tertiary/aromatic N) is 2. The van der Waals surface area contributed by atoms with E-state index < -0.39 is 0 Å². The van der Waals surface area contributed by atoms with Crippen molar-refractivity contribution in [2.75, 3.05) is 0 Å². The topological polar surface area (TPSA) is 64.9 Å². The first kappa shape index (κ1) is 11.3. The molecule has 0 unspecified atom stereocenters. The van der Waals surface area contributed by atoms with Crippen LogP contribution in [0.2, 0.25) is 0 Å². The molecule has 86 valence electrons. The van der Waals surface area contributed by atoms with Crippen LogP contribution in [-0.4, -0.2) is 10.1 Å². The fourth-order valence-corrected chi connectivity index (χ4v) is 2.09. The molecule has 2 heterocycles. The minimum atomic E-state index is -0.138. The Kier molecular flexibility index (Phi) is 3.69. The number of rotatable bonds is 5. The summed E-state index contributed by atoms with van der Waals surface area (Å²) in [5, 5.41) is 5.92. The molecule has 0 saturated heterocycles. The molecule has 0 saturated carbocycles. The van der Waals surface area contributed by atoms with Crippen LogP contribution in [0.5, 0.6) is 0 Å². The Hall–Kier alpha value is -1.20. The normalized spacial score (nSPS) is 12.9. The Bertz CT molecular complexity index is 424. The maximum absolute atomic E-state index is 5.95. The van der Waals surface area contributed by atoms with E-state index >= 15 is 0 Å². The third-order valence-corrected chi connectivity index (χ3v) is 3.23. The number of hydrogen-bond acceptors (Lipinski definition) is 5. The van der Waals surface area contributed by atoms with Crippen LogP contribution in [0, 0.1) is 0 Å². The Morgan fingerprint density at radius 3 is 3.12 bits per heavy atom. The van der Waals surface area contributed by atoms with Gasteiger partial charge in [-0.1, -0.05) is 31.0 Å². The molecular formula is C11H15N3OS. The molecule has 0 radical (unpaired) electrons. The van der Waals surface area contributed by atoms with Crippen LogP contribution in [0.4, 0.5) is 0 Å². The summed E-state index contributed by atoms with van der Waals surface area (Å²) in [6.07, 6.45) is 3.10. The Morgan fingerprint density at radius 1 is 1.56 bits per heavy atom. The quantitative estimate of drug-likeness (QED) is 0.868. The lowest BCUT2D eigenvalue weighted by atomic mass is 10.1. The van der Waals surface area contributed by atoms with E-state index in [9.17, 15) is 0 Å². The molecule has 0 aliphatic carbocycles. The van der Waals surface area contributed by atoms with Crippen LogP contribution in [0.1, 0.15) is 38.1 Å². The summed E-state index contributed by atoms with van der Waals surface area (Å²) in [6.45, 7) is 2.14. The third kappa shape index (κ3) is 2.48. The van der Waals surface area contributed by atoms with Crippen molar-refractivity contribution in [1.29, 1.82) is 0 Å². The van der Waals surface area contributed by atoms with Crippen LogP contribution in [0.15, 0.2) is 22.0 Å². The monoisotopic (exact) mass is 237 g/mol. The fraction of sp³-hybridized carbons (Fsp3) is 0.455. The van der Waals surface area contributed by atoms with E-state index in [2.05, 4.69) is 17.1 Å². The molecule has 0 spiro atoms. The van der Waals surface area contributed by atoms with E-state index in [1.165, 1.54) is 0 Å². The largest absolute Gasteiger partial charge is 0.337 e. The highest BCUT2D eigenvalue weighted by Gasteiger charge is 2.15. The van der Waals surface area contributed by atoms with Crippen LogP contribution in [0.25, 0.3) is 10.7 Å². The fourth-order valence-electron chi connectivity index (χ4n) is 1.44. The van der Waals surface area contributed by atoms with Crippen molar-refractivity contribution < 1.29 is 4.52 Å². The Morgan fingerprint density at radius 2 is 2.44 bits per heavy atom. The molecule has 1 atom stereocenters. The van der Waals surface area contributed by atoms with E-state index in [4.69, 9.17) is 10.3 Å². The van der Waals surface area contributed by atoms with Crippen LogP contribution < -0.4 is 5.73 Å². The minimum Gasteiger partial charge on any atom is -0.337 e. The van der Waals surface area contributed by atoms with Crippen molar-refractivity contribution in [2.45, 2.75) is 32.2 Å². The molecular weight excluding hydrogens is 222 g/mol. The van der Waals surface area contributed by atoms with Crippen LogP contribution in [0.3, 0.4) is 0 Å². The van der Waals surface area contributed by atoms with Crippen molar-refractivity contribution in [3.8, 4) is 10.7 Å². The lowest BCUT2D eigenvalue weighted by Crippen LogP contribution is -2.10. The summed E-state index contributed by atoms with van der Waals surface area (Å²) in [5.74, 6) is 1.17. The van der Waals surface area contributed by atoms with E-state index in [0.29, 0.717) is 11.7 Å². The second-order valence-electron chi connectivity index (χ2n) is 3.68. The zero-order valence-electron chi connectivity index (χ0n) is 9.22. The van der Waals surface area contributed by atoms with Gasteiger partial charge < -0.3 is 10.3 Å². The van der Waals surface area contributed by atoms with Gasteiger partial charge in [-0.3, -0.25) is 0 Å². The highest BCUT2D eigenvalue weighted by molar-refractivity contribution is 7.13. The standard InChI is InChI=1S/C11H15N3OS/c1-2-3-5-8(12)11-13-10(14-15-11)9-6-4-7-16-9/h4,6-8H,2-3,5,12H2,1H3/t8-/m0/s1. The first-order chi connectivity index (χ1) is 7.81. The van der Waals surface area contributed by atoms with Gasteiger partial charge in [0.15, 0.2) is 0 Å². The molecule has 0 amide bonds. The zero-order chi connectivity index (χ0) is 11.4. The molecule has 0 bridgehead atoms. The van der Waals surface area contributed by atoms with Crippen molar-refractivity contribution in [2.24, 2.45) is 5.73 Å². The van der Waals surface area contributed by atoms with Gasteiger partial charge in [-0.05, 0) is 17.9 Å². The summed E-state index contributed by atoms with van der Waals surface area (Å²) >= 11 is 1.59. The first-order valence-corrected chi connectivity index (χ1v) is 6.32. The molecule has 0 aromatic carbocycles. The lowest BCUT2D eigenvalue weighted by molar-refractivity contribution is 0.346. The van der Waals surface area contributed by atoms with Crippen LogP contribution >= 0.6 is 11.3 Å². The summed E-state index contributed by atoms with van der Waals surface area (Å²) < 4.78 is 5.17. The smallest absolute Gasteiger partial charge is 0.243 e. The van der Waals surface area contributed by atoms with Gasteiger partial charge in [0.05, 0.1) is 10.9 Å². The minimum absolute atomic E-state index is 0.138. The number of unbranched alkanes of at least 4 members (excludes halogenated alkanes) is 1. The van der Waals surface area contributed by atoms with Gasteiger partial charge >= 0.3 is 0 Å². The van der Waals surface area contributed by atoms with Gasteiger partial charge in [0, 0.05) is 0 Å². The van der Waals surface area contributed by atoms with Crippen molar-refractivity contribution in [1.82, 2.24) is 10.1 Å². The van der Waals surface area contributed by atoms with Gasteiger partial charge in [-0.2, -0.15) is 4.98 Å². The Balaban J connectivity index is 2.07. The molecule has 5 heteroatoms. The highest BCUT2D eigenvalue weighted by Crippen LogP contribution is 2.23. The van der Waals surface area contributed by atoms with E-state index in [1.54, 1.807) is 11.3 Å². The third-order valence-electron chi connectivity index (χ3n) is 2.37.